The molecule has 2 aromatic heterocycles. The van der Waals surface area contributed by atoms with Gasteiger partial charge in [-0.1, -0.05) is 12.1 Å². The van der Waals surface area contributed by atoms with Crippen LogP contribution in [0.25, 0.3) is 11.3 Å². The van der Waals surface area contributed by atoms with Gasteiger partial charge < -0.3 is 21.3 Å². The number of hydrogen-bond donors (Lipinski definition) is 5. The molecule has 43 heavy (non-hydrogen) atoms. The molecule has 1 unspecified atom stereocenters. The Morgan fingerprint density at radius 2 is 1.77 bits per heavy atom. The van der Waals surface area contributed by atoms with Gasteiger partial charge in [-0.15, -0.1) is 0 Å². The Balaban J connectivity index is 1.16. The summed E-state index contributed by atoms with van der Waals surface area (Å²) in [7, 11) is 0. The van der Waals surface area contributed by atoms with E-state index in [4.69, 9.17) is 0 Å². The van der Waals surface area contributed by atoms with Crippen molar-refractivity contribution < 1.29 is 22.8 Å². The van der Waals surface area contributed by atoms with Crippen LogP contribution in [-0.2, 0) is 12.7 Å². The predicted octanol–water partition coefficient (Wildman–Crippen LogP) is 5.53. The van der Waals surface area contributed by atoms with Gasteiger partial charge in [0.15, 0.2) is 6.29 Å². The molecule has 2 aliphatic rings. The summed E-state index contributed by atoms with van der Waals surface area (Å²) in [6, 6.07) is 15.2. The number of carbonyl (C=O) groups is 2. The second-order valence-corrected chi connectivity index (χ2v) is 10.5. The highest BCUT2D eigenvalue weighted by Crippen LogP contribution is 2.34. The monoisotopic (exact) mass is 587 g/mol. The fourth-order valence-electron chi connectivity index (χ4n) is 4.80. The second-order valence-electron chi connectivity index (χ2n) is 10.5. The van der Waals surface area contributed by atoms with E-state index >= 15 is 0 Å². The number of carbonyl (C=O) groups excluding carboxylic acids is 2. The SMILES string of the molecule is Cc1ccc(NC(=O)c2cccc(C(F)(F)F)c2)cc1-c1nccc2c1CNC(Nc1ccc(C(=O)NC3CC3)nc1)N2. The van der Waals surface area contributed by atoms with Crippen LogP contribution in [0.5, 0.6) is 0 Å². The van der Waals surface area contributed by atoms with Crippen molar-refractivity contribution in [2.75, 3.05) is 16.0 Å². The number of nitrogens with zero attached hydrogens (tertiary/aromatic N) is 2. The third kappa shape index (κ3) is 6.44. The first kappa shape index (κ1) is 28.2. The number of alkyl halides is 3. The van der Waals surface area contributed by atoms with Crippen LogP contribution in [0.4, 0.5) is 30.2 Å². The van der Waals surface area contributed by atoms with E-state index in [9.17, 15) is 22.8 Å². The zero-order chi connectivity index (χ0) is 30.1. The van der Waals surface area contributed by atoms with E-state index in [1.807, 2.05) is 19.1 Å². The van der Waals surface area contributed by atoms with E-state index in [-0.39, 0.29) is 23.8 Å². The van der Waals surface area contributed by atoms with Crippen LogP contribution in [0.1, 0.15) is 50.4 Å². The Hall–Kier alpha value is -4.97. The van der Waals surface area contributed by atoms with Gasteiger partial charge in [-0.25, -0.2) is 4.98 Å². The van der Waals surface area contributed by atoms with Gasteiger partial charge in [0.05, 0.1) is 23.1 Å². The van der Waals surface area contributed by atoms with Gasteiger partial charge in [0, 0.05) is 46.8 Å². The number of aryl methyl sites for hydroxylation is 1. The topological polar surface area (TPSA) is 120 Å². The minimum Gasteiger partial charge on any atom is -0.353 e. The van der Waals surface area contributed by atoms with Crippen molar-refractivity contribution in [3.05, 3.63) is 101 Å². The lowest BCUT2D eigenvalue weighted by atomic mass is 9.98. The average molecular weight is 588 g/mol. The number of pyridine rings is 2. The van der Waals surface area contributed by atoms with Crippen molar-refractivity contribution in [2.45, 2.75) is 44.8 Å². The summed E-state index contributed by atoms with van der Waals surface area (Å²) >= 11 is 0. The molecule has 0 saturated heterocycles. The average Bonchev–Trinajstić information content (AvgIpc) is 3.82. The zero-order valence-corrected chi connectivity index (χ0v) is 23.0. The van der Waals surface area contributed by atoms with Crippen molar-refractivity contribution in [2.24, 2.45) is 0 Å². The van der Waals surface area contributed by atoms with Gasteiger partial charge >= 0.3 is 6.18 Å². The number of hydrogen-bond acceptors (Lipinski definition) is 7. The van der Waals surface area contributed by atoms with Crippen LogP contribution >= 0.6 is 0 Å². The molecule has 3 heterocycles. The predicted molar refractivity (Wildman–Crippen MR) is 156 cm³/mol. The summed E-state index contributed by atoms with van der Waals surface area (Å²) in [5.74, 6) is -0.821. The first-order chi connectivity index (χ1) is 20.6. The molecule has 5 N–H and O–H groups in total. The van der Waals surface area contributed by atoms with E-state index < -0.39 is 17.6 Å². The first-order valence-corrected chi connectivity index (χ1v) is 13.7. The van der Waals surface area contributed by atoms with Gasteiger partial charge in [0.25, 0.3) is 11.8 Å². The number of fused-ring (bicyclic) bond motifs is 1. The molecule has 9 nitrogen and oxygen atoms in total. The standard InChI is InChI=1S/C31H28F3N7O2/c1-17-5-6-21(39-28(42)18-3-2-4-19(13-18)31(32,33)34)14-23(17)27-24-16-37-30(41-25(24)11-12-35-27)40-22-9-10-26(36-15-22)29(43)38-20-7-8-20/h2-6,9-15,20,30,37,40-41H,7-8,16H2,1H3,(H,38,43)(H,39,42). The normalized spacial score (nSPS) is 16.0. The second kappa shape index (κ2) is 11.4. The number of rotatable bonds is 7. The molecular formula is C31H28F3N7O2. The Morgan fingerprint density at radius 1 is 0.953 bits per heavy atom. The molecule has 4 aromatic rings. The fraction of sp³-hybridized carbons (Fsp3) is 0.226. The number of aromatic nitrogens is 2. The summed E-state index contributed by atoms with van der Waals surface area (Å²) in [6.07, 6.45) is 0.445. The highest BCUT2D eigenvalue weighted by Gasteiger charge is 2.31. The summed E-state index contributed by atoms with van der Waals surface area (Å²) < 4.78 is 39.4. The van der Waals surface area contributed by atoms with Gasteiger partial charge in [-0.05, 0) is 73.9 Å². The Morgan fingerprint density at radius 3 is 2.51 bits per heavy atom. The summed E-state index contributed by atoms with van der Waals surface area (Å²) in [6.45, 7) is 2.39. The van der Waals surface area contributed by atoms with Crippen molar-refractivity contribution in [3.63, 3.8) is 0 Å². The molecule has 0 spiro atoms. The number of benzene rings is 2. The third-order valence-corrected chi connectivity index (χ3v) is 7.26. The van der Waals surface area contributed by atoms with Crippen LogP contribution in [-0.4, -0.2) is 34.1 Å². The minimum absolute atomic E-state index is 0.0922. The molecule has 2 amide bonds. The Kier molecular flexibility index (Phi) is 7.45. The van der Waals surface area contributed by atoms with Gasteiger partial charge in [-0.2, -0.15) is 13.2 Å². The smallest absolute Gasteiger partial charge is 0.353 e. The zero-order valence-electron chi connectivity index (χ0n) is 23.0. The van der Waals surface area contributed by atoms with Crippen molar-refractivity contribution in [1.29, 1.82) is 0 Å². The molecule has 0 bridgehead atoms. The minimum atomic E-state index is -4.54. The maximum absolute atomic E-state index is 13.1. The van der Waals surface area contributed by atoms with Crippen LogP contribution < -0.4 is 26.6 Å². The lowest BCUT2D eigenvalue weighted by Gasteiger charge is -2.30. The molecule has 12 heteroatoms. The van der Waals surface area contributed by atoms with E-state index in [1.165, 1.54) is 12.1 Å². The van der Waals surface area contributed by atoms with Crippen LogP contribution in [0.3, 0.4) is 0 Å². The van der Waals surface area contributed by atoms with E-state index in [0.717, 1.165) is 53.0 Å². The van der Waals surface area contributed by atoms with Gasteiger partial charge in [-0.3, -0.25) is 19.9 Å². The Bertz CT molecular complexity index is 1690. The number of nitrogens with one attached hydrogen (secondary N) is 5. The van der Waals surface area contributed by atoms with Crippen LogP contribution in [0.15, 0.2) is 73.1 Å². The van der Waals surface area contributed by atoms with Crippen molar-refractivity contribution >= 4 is 28.9 Å². The molecular weight excluding hydrogens is 559 g/mol. The van der Waals surface area contributed by atoms with Crippen LogP contribution in [0.2, 0.25) is 0 Å². The summed E-state index contributed by atoms with van der Waals surface area (Å²) in [5, 5.41) is 15.7. The van der Waals surface area contributed by atoms with Crippen LogP contribution in [0, 0.1) is 6.92 Å². The molecule has 1 fully saturated rings. The molecule has 1 saturated carbocycles. The van der Waals surface area contributed by atoms with Gasteiger partial charge in [0.1, 0.15) is 5.69 Å². The molecule has 1 atom stereocenters. The largest absolute Gasteiger partial charge is 0.416 e. The lowest BCUT2D eigenvalue weighted by molar-refractivity contribution is -0.137. The summed E-state index contributed by atoms with van der Waals surface area (Å²) in [5.41, 5.74) is 4.71. The number of amides is 2. The maximum Gasteiger partial charge on any atom is 0.416 e. The van der Waals surface area contributed by atoms with Crippen molar-refractivity contribution in [1.82, 2.24) is 20.6 Å². The number of anilines is 3. The molecule has 6 rings (SSSR count). The first-order valence-electron chi connectivity index (χ1n) is 13.7. The highest BCUT2D eigenvalue weighted by molar-refractivity contribution is 6.04. The maximum atomic E-state index is 13.1. The molecule has 1 aliphatic heterocycles. The molecule has 220 valence electrons. The lowest BCUT2D eigenvalue weighted by Crippen LogP contribution is -2.46. The number of halogens is 3. The molecule has 2 aromatic carbocycles. The van der Waals surface area contributed by atoms with E-state index in [0.29, 0.717) is 23.6 Å². The molecule has 1 aliphatic carbocycles. The van der Waals surface area contributed by atoms with E-state index in [1.54, 1.807) is 36.7 Å². The Labute approximate surface area is 245 Å². The van der Waals surface area contributed by atoms with Crippen molar-refractivity contribution in [3.8, 4) is 11.3 Å². The summed E-state index contributed by atoms with van der Waals surface area (Å²) in [4.78, 5) is 33.9. The highest BCUT2D eigenvalue weighted by atomic mass is 19.4. The fourth-order valence-corrected chi connectivity index (χ4v) is 4.80. The quantitative estimate of drug-likeness (QED) is 0.193. The third-order valence-electron chi connectivity index (χ3n) is 7.26. The van der Waals surface area contributed by atoms with E-state index in [2.05, 4.69) is 36.6 Å². The molecule has 0 radical (unpaired) electrons. The van der Waals surface area contributed by atoms with Gasteiger partial charge in [0.2, 0.25) is 0 Å².